The largest absolute Gasteiger partial charge is 0.335 e. The zero-order chi connectivity index (χ0) is 20.9. The summed E-state index contributed by atoms with van der Waals surface area (Å²) in [6.07, 6.45) is 5.51. The molecule has 0 spiro atoms. The van der Waals surface area contributed by atoms with Gasteiger partial charge in [-0.2, -0.15) is 5.10 Å². The van der Waals surface area contributed by atoms with E-state index in [0.29, 0.717) is 5.69 Å². The van der Waals surface area contributed by atoms with Crippen molar-refractivity contribution in [3.8, 4) is 16.9 Å². The van der Waals surface area contributed by atoms with E-state index in [0.717, 1.165) is 66.7 Å². The number of thiophene rings is 1. The van der Waals surface area contributed by atoms with Gasteiger partial charge in [-0.1, -0.05) is 6.07 Å². The minimum absolute atomic E-state index is 0.0618. The van der Waals surface area contributed by atoms with Crippen molar-refractivity contribution in [1.29, 1.82) is 0 Å². The lowest BCUT2D eigenvalue weighted by Gasteiger charge is -2.32. The van der Waals surface area contributed by atoms with Crippen LogP contribution >= 0.6 is 11.3 Å². The molecule has 1 fully saturated rings. The van der Waals surface area contributed by atoms with Gasteiger partial charge >= 0.3 is 0 Å². The number of amides is 1. The van der Waals surface area contributed by atoms with E-state index in [1.54, 1.807) is 11.3 Å². The lowest BCUT2D eigenvalue weighted by atomic mass is 9.94. The zero-order valence-corrected chi connectivity index (χ0v) is 18.2. The minimum Gasteiger partial charge on any atom is -0.335 e. The van der Waals surface area contributed by atoms with Gasteiger partial charge < -0.3 is 9.80 Å². The Hall–Kier alpha value is -3.03. The molecule has 4 aromatic rings. The average Bonchev–Trinajstić information content (AvgIpc) is 3.43. The standard InChI is InChI=1S/C24H23N5OS/c1-27-9-11-28(12-10-27)24(30)22-20-4-5-21-19(7-13-31-21)23(20)29(26-22)18-3-2-17-15-25-8-6-16(17)14-18/h2-3,6-8,13-15H,4-5,9-12H2,1H3. The van der Waals surface area contributed by atoms with Gasteiger partial charge in [-0.15, -0.1) is 11.3 Å². The van der Waals surface area contributed by atoms with Crippen LogP contribution in [0, 0.1) is 0 Å². The normalized spacial score (nSPS) is 16.4. The third-order valence-electron chi connectivity index (χ3n) is 6.45. The quantitative estimate of drug-likeness (QED) is 0.488. The van der Waals surface area contributed by atoms with Gasteiger partial charge in [-0.3, -0.25) is 9.78 Å². The molecule has 7 heteroatoms. The Morgan fingerprint density at radius 1 is 1.03 bits per heavy atom. The van der Waals surface area contributed by atoms with Gasteiger partial charge in [0.25, 0.3) is 5.91 Å². The predicted molar refractivity (Wildman–Crippen MR) is 123 cm³/mol. The summed E-state index contributed by atoms with van der Waals surface area (Å²) in [4.78, 5) is 23.3. The molecular formula is C24H23N5OS. The maximum Gasteiger partial charge on any atom is 0.274 e. The molecule has 2 aliphatic rings. The van der Waals surface area contributed by atoms with Crippen LogP contribution in [0.5, 0.6) is 0 Å². The molecule has 4 heterocycles. The minimum atomic E-state index is 0.0618. The summed E-state index contributed by atoms with van der Waals surface area (Å²) in [6, 6.07) is 10.5. The fourth-order valence-corrected chi connectivity index (χ4v) is 5.55. The Morgan fingerprint density at radius 3 is 2.77 bits per heavy atom. The van der Waals surface area contributed by atoms with E-state index in [1.807, 2.05) is 28.0 Å². The molecule has 0 saturated carbocycles. The molecule has 6 nitrogen and oxygen atoms in total. The number of carbonyl (C=O) groups excluding carboxylic acids is 1. The van der Waals surface area contributed by atoms with Crippen LogP contribution in [-0.4, -0.2) is 63.7 Å². The molecule has 0 radical (unpaired) electrons. The van der Waals surface area contributed by atoms with Crippen molar-refractivity contribution < 1.29 is 4.79 Å². The second-order valence-electron chi connectivity index (χ2n) is 8.35. The molecule has 6 rings (SSSR count). The van der Waals surface area contributed by atoms with Crippen LogP contribution in [0.3, 0.4) is 0 Å². The highest BCUT2D eigenvalue weighted by molar-refractivity contribution is 7.10. The van der Waals surface area contributed by atoms with E-state index >= 15 is 0 Å². The maximum absolute atomic E-state index is 13.5. The predicted octanol–water partition coefficient (Wildman–Crippen LogP) is 3.64. The van der Waals surface area contributed by atoms with Crippen molar-refractivity contribution in [2.24, 2.45) is 0 Å². The Labute approximate surface area is 184 Å². The van der Waals surface area contributed by atoms with E-state index < -0.39 is 0 Å². The first-order valence-electron chi connectivity index (χ1n) is 10.7. The number of aryl methyl sites for hydroxylation is 1. The SMILES string of the molecule is CN1CCN(C(=O)c2nn(-c3ccc4cnccc4c3)c3c2CCc2sccc2-3)CC1. The van der Waals surface area contributed by atoms with Crippen LogP contribution in [0.2, 0.25) is 0 Å². The van der Waals surface area contributed by atoms with Crippen LogP contribution in [0.1, 0.15) is 20.9 Å². The number of likely N-dealkylation sites (N-methyl/N-ethyl adjacent to an activating group) is 1. The number of nitrogens with zero attached hydrogens (tertiary/aromatic N) is 5. The van der Waals surface area contributed by atoms with Gasteiger partial charge in [-0.05, 0) is 54.9 Å². The van der Waals surface area contributed by atoms with Crippen molar-refractivity contribution in [2.45, 2.75) is 12.8 Å². The summed E-state index contributed by atoms with van der Waals surface area (Å²) < 4.78 is 1.99. The van der Waals surface area contributed by atoms with Gasteiger partial charge in [0.15, 0.2) is 5.69 Å². The van der Waals surface area contributed by atoms with Crippen LogP contribution in [0.15, 0.2) is 48.1 Å². The summed E-state index contributed by atoms with van der Waals surface area (Å²) in [5.74, 6) is 0.0618. The fraction of sp³-hybridized carbons (Fsp3) is 0.292. The molecule has 3 aromatic heterocycles. The van der Waals surface area contributed by atoms with E-state index in [2.05, 4.69) is 46.6 Å². The highest BCUT2D eigenvalue weighted by Gasteiger charge is 2.32. The molecular weight excluding hydrogens is 406 g/mol. The molecule has 1 aliphatic heterocycles. The molecule has 31 heavy (non-hydrogen) atoms. The Balaban J connectivity index is 1.50. The third kappa shape index (κ3) is 3.07. The Morgan fingerprint density at radius 2 is 1.90 bits per heavy atom. The molecule has 0 bridgehead atoms. The number of aromatic nitrogens is 3. The van der Waals surface area contributed by atoms with Gasteiger partial charge in [0.05, 0.1) is 11.4 Å². The molecule has 0 unspecified atom stereocenters. The first-order chi connectivity index (χ1) is 15.2. The number of piperazine rings is 1. The van der Waals surface area contributed by atoms with Crippen LogP contribution in [0.4, 0.5) is 0 Å². The van der Waals surface area contributed by atoms with Crippen molar-refractivity contribution in [3.05, 3.63) is 64.2 Å². The van der Waals surface area contributed by atoms with Gasteiger partial charge in [0.1, 0.15) is 0 Å². The van der Waals surface area contributed by atoms with Crippen LogP contribution in [-0.2, 0) is 12.8 Å². The summed E-state index contributed by atoms with van der Waals surface area (Å²) in [5, 5.41) is 9.30. The average molecular weight is 430 g/mol. The zero-order valence-electron chi connectivity index (χ0n) is 17.4. The monoisotopic (exact) mass is 429 g/mol. The van der Waals surface area contributed by atoms with Crippen molar-refractivity contribution in [1.82, 2.24) is 24.6 Å². The van der Waals surface area contributed by atoms with E-state index in [9.17, 15) is 4.79 Å². The maximum atomic E-state index is 13.5. The molecule has 1 saturated heterocycles. The molecule has 1 amide bonds. The summed E-state index contributed by atoms with van der Waals surface area (Å²) in [7, 11) is 2.10. The van der Waals surface area contributed by atoms with E-state index in [-0.39, 0.29) is 5.91 Å². The highest BCUT2D eigenvalue weighted by Crippen LogP contribution is 2.40. The summed E-state index contributed by atoms with van der Waals surface area (Å²) in [5.41, 5.74) is 4.97. The second-order valence-corrected chi connectivity index (χ2v) is 9.35. The van der Waals surface area contributed by atoms with E-state index in [4.69, 9.17) is 5.10 Å². The smallest absolute Gasteiger partial charge is 0.274 e. The first kappa shape index (κ1) is 18.7. The number of fused-ring (bicyclic) bond motifs is 4. The number of carbonyl (C=O) groups is 1. The Kier molecular flexibility index (Phi) is 4.40. The number of hydrogen-bond donors (Lipinski definition) is 0. The fourth-order valence-electron chi connectivity index (χ4n) is 4.67. The lowest BCUT2D eigenvalue weighted by molar-refractivity contribution is 0.0656. The van der Waals surface area contributed by atoms with Crippen LogP contribution < -0.4 is 0 Å². The lowest BCUT2D eigenvalue weighted by Crippen LogP contribution is -2.47. The Bertz CT molecular complexity index is 1300. The first-order valence-corrected chi connectivity index (χ1v) is 11.6. The second kappa shape index (κ2) is 7.28. The topological polar surface area (TPSA) is 54.3 Å². The van der Waals surface area contributed by atoms with Crippen LogP contribution in [0.25, 0.3) is 27.7 Å². The van der Waals surface area contributed by atoms with Gasteiger partial charge in [0, 0.05) is 60.0 Å². The van der Waals surface area contributed by atoms with Gasteiger partial charge in [0.2, 0.25) is 0 Å². The molecule has 1 aliphatic carbocycles. The highest BCUT2D eigenvalue weighted by atomic mass is 32.1. The third-order valence-corrected chi connectivity index (χ3v) is 7.43. The molecule has 0 atom stereocenters. The van der Waals surface area contributed by atoms with E-state index in [1.165, 1.54) is 10.4 Å². The molecule has 156 valence electrons. The summed E-state index contributed by atoms with van der Waals surface area (Å²) in [6.45, 7) is 3.32. The molecule has 0 N–H and O–H groups in total. The number of pyridine rings is 1. The number of rotatable bonds is 2. The number of benzene rings is 1. The van der Waals surface area contributed by atoms with Crippen molar-refractivity contribution in [2.75, 3.05) is 33.2 Å². The van der Waals surface area contributed by atoms with Crippen molar-refractivity contribution in [3.63, 3.8) is 0 Å². The molecule has 1 aromatic carbocycles. The van der Waals surface area contributed by atoms with Crippen molar-refractivity contribution >= 4 is 28.0 Å². The number of hydrogen-bond acceptors (Lipinski definition) is 5. The van der Waals surface area contributed by atoms with Gasteiger partial charge in [-0.25, -0.2) is 4.68 Å². The summed E-state index contributed by atoms with van der Waals surface area (Å²) >= 11 is 1.79.